The van der Waals surface area contributed by atoms with Crippen LogP contribution in [0.5, 0.6) is 0 Å². The Labute approximate surface area is 154 Å². The maximum Gasteiger partial charge on any atom is 0.230 e. The van der Waals surface area contributed by atoms with Crippen LogP contribution >= 0.6 is 0 Å². The Morgan fingerprint density at radius 3 is 2.69 bits per heavy atom. The Bertz CT molecular complexity index is 776. The second kappa shape index (κ2) is 8.48. The third kappa shape index (κ3) is 4.02. The summed E-state index contributed by atoms with van der Waals surface area (Å²) in [7, 11) is 0. The van der Waals surface area contributed by atoms with Crippen LogP contribution in [-0.4, -0.2) is 34.9 Å². The molecule has 1 aromatic carbocycles. The van der Waals surface area contributed by atoms with Gasteiger partial charge in [0.25, 0.3) is 0 Å². The molecular weight excluding hydrogens is 324 g/mol. The minimum absolute atomic E-state index is 0.0655. The van der Waals surface area contributed by atoms with E-state index in [4.69, 9.17) is 0 Å². The van der Waals surface area contributed by atoms with Crippen molar-refractivity contribution in [3.05, 3.63) is 59.9 Å². The van der Waals surface area contributed by atoms with Crippen LogP contribution in [0.3, 0.4) is 0 Å². The maximum atomic E-state index is 12.9. The van der Waals surface area contributed by atoms with Crippen LogP contribution in [-0.2, 0) is 4.79 Å². The molecule has 1 aliphatic heterocycles. The van der Waals surface area contributed by atoms with Crippen molar-refractivity contribution in [1.82, 2.24) is 9.88 Å². The van der Waals surface area contributed by atoms with E-state index in [1.165, 1.54) is 0 Å². The van der Waals surface area contributed by atoms with E-state index >= 15 is 0 Å². The molecule has 5 nitrogen and oxygen atoms in total. The predicted octanol–water partition coefficient (Wildman–Crippen LogP) is 3.55. The van der Waals surface area contributed by atoms with Crippen LogP contribution < -0.4 is 5.32 Å². The van der Waals surface area contributed by atoms with E-state index in [0.717, 1.165) is 43.6 Å². The largest absolute Gasteiger partial charge is 0.380 e. The Morgan fingerprint density at radius 1 is 1.31 bits per heavy atom. The number of rotatable bonds is 5. The summed E-state index contributed by atoms with van der Waals surface area (Å²) in [6, 6.07) is 14.2. The van der Waals surface area contributed by atoms with E-state index in [-0.39, 0.29) is 17.9 Å². The van der Waals surface area contributed by atoms with Gasteiger partial charge < -0.3 is 10.2 Å². The molecule has 0 saturated carbocycles. The number of hydrogen-bond acceptors (Lipinski definition) is 4. The van der Waals surface area contributed by atoms with Crippen molar-refractivity contribution in [2.45, 2.75) is 38.1 Å². The van der Waals surface area contributed by atoms with E-state index in [2.05, 4.69) is 23.3 Å². The molecule has 5 heteroatoms. The fraction of sp³-hybridized carbons (Fsp3) is 0.381. The molecule has 26 heavy (non-hydrogen) atoms. The third-order valence-corrected chi connectivity index (χ3v) is 5.02. The molecule has 0 aliphatic carbocycles. The van der Waals surface area contributed by atoms with Gasteiger partial charge in [0.15, 0.2) is 0 Å². The van der Waals surface area contributed by atoms with Gasteiger partial charge >= 0.3 is 0 Å². The van der Waals surface area contributed by atoms with Crippen molar-refractivity contribution in [2.75, 3.05) is 18.4 Å². The number of carbonyl (C=O) groups excluding carboxylic acids is 1. The number of amides is 1. The number of piperidine rings is 1. The first kappa shape index (κ1) is 17.9. The smallest absolute Gasteiger partial charge is 0.230 e. The van der Waals surface area contributed by atoms with Crippen LogP contribution in [0.1, 0.15) is 43.2 Å². The van der Waals surface area contributed by atoms with Crippen molar-refractivity contribution in [3.8, 4) is 6.07 Å². The number of nitrogens with one attached hydrogen (secondary N) is 1. The molecule has 1 saturated heterocycles. The molecule has 1 aliphatic rings. The second-order valence-corrected chi connectivity index (χ2v) is 6.65. The zero-order valence-electron chi connectivity index (χ0n) is 15.1. The molecule has 1 aromatic heterocycles. The number of carbonyl (C=O) groups is 1. The predicted molar refractivity (Wildman–Crippen MR) is 102 cm³/mol. The highest BCUT2D eigenvalue weighted by atomic mass is 16.2. The first-order chi connectivity index (χ1) is 12.7. The van der Waals surface area contributed by atoms with E-state index in [0.29, 0.717) is 5.56 Å². The molecule has 3 rings (SSSR count). The second-order valence-electron chi connectivity index (χ2n) is 6.65. The molecule has 1 atom stereocenters. The Kier molecular flexibility index (Phi) is 5.85. The van der Waals surface area contributed by atoms with Gasteiger partial charge in [-0.25, -0.2) is 0 Å². The lowest BCUT2D eigenvalue weighted by Crippen LogP contribution is -2.44. The van der Waals surface area contributed by atoms with Crippen LogP contribution in [0.15, 0.2) is 48.8 Å². The number of anilines is 1. The highest BCUT2D eigenvalue weighted by Gasteiger charge is 2.28. The first-order valence-corrected chi connectivity index (χ1v) is 9.17. The van der Waals surface area contributed by atoms with Gasteiger partial charge in [-0.2, -0.15) is 5.26 Å². The number of aromatic nitrogens is 1. The molecule has 1 N–H and O–H groups in total. The van der Waals surface area contributed by atoms with E-state index in [9.17, 15) is 10.1 Å². The number of nitriles is 1. The Balaban J connectivity index is 1.59. The minimum atomic E-state index is -0.0655. The van der Waals surface area contributed by atoms with Gasteiger partial charge in [0.05, 0.1) is 23.4 Å². The SMILES string of the molecule is CCC(C(=O)N1CCC(Nc2cnccc2C#N)CC1)c1ccccc1. The quantitative estimate of drug-likeness (QED) is 0.897. The van der Waals surface area contributed by atoms with Crippen LogP contribution in [0, 0.1) is 11.3 Å². The molecule has 0 bridgehead atoms. The fourth-order valence-corrected chi connectivity index (χ4v) is 3.53. The summed E-state index contributed by atoms with van der Waals surface area (Å²) in [6.45, 7) is 3.54. The monoisotopic (exact) mass is 348 g/mol. The number of nitrogens with zero attached hydrogens (tertiary/aromatic N) is 3. The zero-order chi connectivity index (χ0) is 18.4. The molecule has 1 amide bonds. The lowest BCUT2D eigenvalue weighted by Gasteiger charge is -2.35. The first-order valence-electron chi connectivity index (χ1n) is 9.17. The minimum Gasteiger partial charge on any atom is -0.380 e. The normalized spacial score (nSPS) is 15.9. The van der Waals surface area contributed by atoms with Crippen LogP contribution in [0.2, 0.25) is 0 Å². The topological polar surface area (TPSA) is 69.0 Å². The summed E-state index contributed by atoms with van der Waals surface area (Å²) in [5.74, 6) is 0.153. The van der Waals surface area contributed by atoms with Gasteiger partial charge in [0, 0.05) is 25.3 Å². The van der Waals surface area contributed by atoms with Crippen molar-refractivity contribution in [2.24, 2.45) is 0 Å². The van der Waals surface area contributed by atoms with Gasteiger partial charge in [-0.15, -0.1) is 0 Å². The highest BCUT2D eigenvalue weighted by Crippen LogP contribution is 2.25. The number of pyridine rings is 1. The molecular formula is C21H24N4O. The third-order valence-electron chi connectivity index (χ3n) is 5.02. The molecule has 1 unspecified atom stereocenters. The zero-order valence-corrected chi connectivity index (χ0v) is 15.1. The summed E-state index contributed by atoms with van der Waals surface area (Å²) >= 11 is 0. The van der Waals surface area contributed by atoms with Crippen molar-refractivity contribution in [1.29, 1.82) is 5.26 Å². The molecule has 0 spiro atoms. The van der Waals surface area contributed by atoms with Gasteiger partial charge in [-0.1, -0.05) is 37.3 Å². The Hall–Kier alpha value is -2.87. The summed E-state index contributed by atoms with van der Waals surface area (Å²) in [5.41, 5.74) is 2.47. The van der Waals surface area contributed by atoms with Gasteiger partial charge in [0.1, 0.15) is 6.07 Å². The molecule has 1 fully saturated rings. The van der Waals surface area contributed by atoms with Crippen LogP contribution in [0.4, 0.5) is 5.69 Å². The van der Waals surface area contributed by atoms with Crippen molar-refractivity contribution in [3.63, 3.8) is 0 Å². The fourth-order valence-electron chi connectivity index (χ4n) is 3.53. The summed E-state index contributed by atoms with van der Waals surface area (Å²) in [5, 5.41) is 12.6. The lowest BCUT2D eigenvalue weighted by molar-refractivity contribution is -0.133. The average Bonchev–Trinajstić information content (AvgIpc) is 2.70. The molecule has 0 radical (unpaired) electrons. The summed E-state index contributed by atoms with van der Waals surface area (Å²) in [4.78, 5) is 19.0. The van der Waals surface area contributed by atoms with Crippen molar-refractivity contribution < 1.29 is 4.79 Å². The van der Waals surface area contributed by atoms with Crippen LogP contribution in [0.25, 0.3) is 0 Å². The maximum absolute atomic E-state index is 12.9. The van der Waals surface area contributed by atoms with E-state index in [1.807, 2.05) is 35.2 Å². The average molecular weight is 348 g/mol. The molecule has 134 valence electrons. The van der Waals surface area contributed by atoms with E-state index in [1.54, 1.807) is 18.5 Å². The van der Waals surface area contributed by atoms with Gasteiger partial charge in [-0.3, -0.25) is 9.78 Å². The number of benzene rings is 1. The van der Waals surface area contributed by atoms with Crippen molar-refractivity contribution >= 4 is 11.6 Å². The highest BCUT2D eigenvalue weighted by molar-refractivity contribution is 5.83. The lowest BCUT2D eigenvalue weighted by atomic mass is 9.93. The van der Waals surface area contributed by atoms with E-state index < -0.39 is 0 Å². The Morgan fingerprint density at radius 2 is 2.04 bits per heavy atom. The molecule has 2 heterocycles. The van der Waals surface area contributed by atoms with Gasteiger partial charge in [0.2, 0.25) is 5.91 Å². The summed E-state index contributed by atoms with van der Waals surface area (Å²) < 4.78 is 0. The standard InChI is InChI=1S/C21H24N4O/c1-2-19(16-6-4-3-5-7-16)21(26)25-12-9-18(10-13-25)24-20-15-23-11-8-17(20)14-22/h3-8,11,15,18-19,24H,2,9-10,12-13H2,1H3. The number of likely N-dealkylation sites (tertiary alicyclic amines) is 1. The number of hydrogen-bond donors (Lipinski definition) is 1. The summed E-state index contributed by atoms with van der Waals surface area (Å²) in [6.07, 6.45) is 5.87. The van der Waals surface area contributed by atoms with Gasteiger partial charge in [-0.05, 0) is 30.9 Å². The molecule has 2 aromatic rings.